The average molecular weight is 616 g/mol. The molecule has 42 heavy (non-hydrogen) atoms. The molecule has 1 atom stereocenters. The third kappa shape index (κ3) is 8.17. The van der Waals surface area contributed by atoms with Gasteiger partial charge in [0.1, 0.15) is 24.1 Å². The number of ether oxygens (including phenoxy) is 2. The molecular weight excluding hydrogens is 578 g/mol. The van der Waals surface area contributed by atoms with Crippen LogP contribution in [-0.2, 0) is 26.2 Å². The van der Waals surface area contributed by atoms with Crippen LogP contribution in [0.15, 0.2) is 77.7 Å². The van der Waals surface area contributed by atoms with Crippen molar-refractivity contribution in [3.63, 3.8) is 0 Å². The van der Waals surface area contributed by atoms with Gasteiger partial charge in [-0.15, -0.1) is 0 Å². The van der Waals surface area contributed by atoms with E-state index in [1.807, 2.05) is 20.8 Å². The van der Waals surface area contributed by atoms with Crippen LogP contribution in [0.4, 0.5) is 5.69 Å². The Balaban J connectivity index is 2.06. The highest BCUT2D eigenvalue weighted by Crippen LogP contribution is 2.32. The van der Waals surface area contributed by atoms with Crippen LogP contribution >= 0.6 is 11.6 Å². The third-order valence-corrected chi connectivity index (χ3v) is 8.70. The fourth-order valence-corrected chi connectivity index (χ4v) is 6.01. The van der Waals surface area contributed by atoms with Gasteiger partial charge in [0.25, 0.3) is 10.0 Å². The Hall–Kier alpha value is -3.76. The first-order valence-corrected chi connectivity index (χ1v) is 15.4. The lowest BCUT2D eigenvalue weighted by Gasteiger charge is -2.33. The van der Waals surface area contributed by atoms with Gasteiger partial charge in [-0.3, -0.25) is 13.9 Å². The van der Waals surface area contributed by atoms with Crippen molar-refractivity contribution < 1.29 is 27.5 Å². The number of benzene rings is 3. The van der Waals surface area contributed by atoms with Crippen molar-refractivity contribution in [2.24, 2.45) is 5.92 Å². The number of carbonyl (C=O) groups is 2. The van der Waals surface area contributed by atoms with Gasteiger partial charge >= 0.3 is 0 Å². The molecule has 0 saturated carbocycles. The van der Waals surface area contributed by atoms with E-state index in [0.29, 0.717) is 24.5 Å². The second-order valence-corrected chi connectivity index (χ2v) is 12.3. The van der Waals surface area contributed by atoms with E-state index in [9.17, 15) is 18.0 Å². The molecule has 0 bridgehead atoms. The molecule has 3 aromatic carbocycles. The molecule has 226 valence electrons. The van der Waals surface area contributed by atoms with Gasteiger partial charge in [0.15, 0.2) is 0 Å². The molecule has 0 radical (unpaired) electrons. The number of sulfonamides is 1. The van der Waals surface area contributed by atoms with Crippen molar-refractivity contribution in [3.8, 4) is 11.5 Å². The summed E-state index contributed by atoms with van der Waals surface area (Å²) in [4.78, 5) is 28.9. The molecule has 0 aliphatic carbocycles. The van der Waals surface area contributed by atoms with Crippen LogP contribution in [0.3, 0.4) is 0 Å². The minimum Gasteiger partial charge on any atom is -0.497 e. The lowest BCUT2D eigenvalue weighted by atomic mass is 10.1. The summed E-state index contributed by atoms with van der Waals surface area (Å²) in [6.07, 6.45) is 0.325. The van der Waals surface area contributed by atoms with Gasteiger partial charge in [0.05, 0.1) is 29.8 Å². The number of nitrogens with zero attached hydrogens (tertiary/aromatic N) is 2. The lowest BCUT2D eigenvalue weighted by Crippen LogP contribution is -2.52. The van der Waals surface area contributed by atoms with Crippen LogP contribution in [0, 0.1) is 5.92 Å². The molecule has 9 nitrogen and oxygen atoms in total. The third-order valence-electron chi connectivity index (χ3n) is 6.62. The van der Waals surface area contributed by atoms with E-state index in [2.05, 4.69) is 5.32 Å². The predicted molar refractivity (Wildman–Crippen MR) is 164 cm³/mol. The molecule has 0 aromatic heterocycles. The number of carbonyl (C=O) groups excluding carboxylic acids is 2. The maximum atomic E-state index is 14.1. The minimum absolute atomic E-state index is 0.00756. The van der Waals surface area contributed by atoms with Crippen LogP contribution in [0.1, 0.15) is 32.8 Å². The van der Waals surface area contributed by atoms with Gasteiger partial charge in [-0.2, -0.15) is 0 Å². The van der Waals surface area contributed by atoms with Crippen molar-refractivity contribution in [1.82, 2.24) is 10.2 Å². The van der Waals surface area contributed by atoms with Crippen molar-refractivity contribution in [1.29, 1.82) is 0 Å². The standard InChI is InChI=1S/C31H38ClN3O6S/c1-6-28(31(37)33-19-22(2)3)34(20-23-12-15-25(40-4)16-13-23)30(36)21-35(24-14-17-29(41-5)27(32)18-24)42(38,39)26-10-8-7-9-11-26/h7-18,22,28H,6,19-21H2,1-5H3,(H,33,37)/t28-/m0/s1. The summed E-state index contributed by atoms with van der Waals surface area (Å²) >= 11 is 6.37. The SMILES string of the molecule is CC[C@@H](C(=O)NCC(C)C)N(Cc1ccc(OC)cc1)C(=O)CN(c1ccc(OC)c(Cl)c1)S(=O)(=O)c1ccccc1. The molecule has 0 aliphatic heterocycles. The van der Waals surface area contributed by atoms with E-state index in [-0.39, 0.29) is 34.0 Å². The van der Waals surface area contributed by atoms with E-state index < -0.39 is 28.5 Å². The smallest absolute Gasteiger partial charge is 0.264 e. The fourth-order valence-electron chi connectivity index (χ4n) is 4.33. The van der Waals surface area contributed by atoms with E-state index in [0.717, 1.165) is 9.87 Å². The van der Waals surface area contributed by atoms with Gasteiger partial charge in [-0.05, 0) is 60.4 Å². The number of methoxy groups -OCH3 is 2. The highest BCUT2D eigenvalue weighted by molar-refractivity contribution is 7.92. The van der Waals surface area contributed by atoms with Crippen molar-refractivity contribution in [3.05, 3.63) is 83.4 Å². The Bertz CT molecular complexity index is 1450. The van der Waals surface area contributed by atoms with Gasteiger partial charge in [-0.25, -0.2) is 8.42 Å². The summed E-state index contributed by atoms with van der Waals surface area (Å²) in [5.41, 5.74) is 0.934. The number of anilines is 1. The molecule has 11 heteroatoms. The summed E-state index contributed by atoms with van der Waals surface area (Å²) in [5, 5.41) is 3.10. The van der Waals surface area contributed by atoms with Crippen LogP contribution in [0.25, 0.3) is 0 Å². The largest absolute Gasteiger partial charge is 0.497 e. The van der Waals surface area contributed by atoms with Crippen LogP contribution in [0.5, 0.6) is 11.5 Å². The summed E-state index contributed by atoms with van der Waals surface area (Å²) in [5.74, 6) is 0.359. The van der Waals surface area contributed by atoms with Crippen LogP contribution in [-0.4, -0.2) is 58.5 Å². The number of halogens is 1. The quantitative estimate of drug-likeness (QED) is 0.270. The number of nitrogens with one attached hydrogen (secondary N) is 1. The second-order valence-electron chi connectivity index (χ2n) is 10.1. The van der Waals surface area contributed by atoms with Crippen LogP contribution in [0.2, 0.25) is 5.02 Å². The Morgan fingerprint density at radius 1 is 0.952 bits per heavy atom. The zero-order chi connectivity index (χ0) is 30.9. The van der Waals surface area contributed by atoms with Gasteiger partial charge in [0.2, 0.25) is 11.8 Å². The zero-order valence-corrected chi connectivity index (χ0v) is 26.1. The van der Waals surface area contributed by atoms with E-state index >= 15 is 0 Å². The van der Waals surface area contributed by atoms with E-state index in [1.165, 1.54) is 36.3 Å². The number of rotatable bonds is 14. The van der Waals surface area contributed by atoms with Crippen molar-refractivity contribution >= 4 is 39.1 Å². The van der Waals surface area contributed by atoms with E-state index in [4.69, 9.17) is 21.1 Å². The molecule has 2 amide bonds. The number of hydrogen-bond donors (Lipinski definition) is 1. The highest BCUT2D eigenvalue weighted by Gasteiger charge is 2.34. The molecule has 3 rings (SSSR count). The summed E-state index contributed by atoms with van der Waals surface area (Å²) < 4.78 is 39.3. The van der Waals surface area contributed by atoms with E-state index in [1.54, 1.807) is 55.6 Å². The monoisotopic (exact) mass is 615 g/mol. The summed E-state index contributed by atoms with van der Waals surface area (Å²) in [7, 11) is -1.19. The van der Waals surface area contributed by atoms with Gasteiger partial charge in [0, 0.05) is 13.1 Å². The zero-order valence-electron chi connectivity index (χ0n) is 24.5. The topological polar surface area (TPSA) is 105 Å². The molecule has 0 fully saturated rings. The molecule has 0 unspecified atom stereocenters. The van der Waals surface area contributed by atoms with Crippen LogP contribution < -0.4 is 19.1 Å². The maximum absolute atomic E-state index is 14.1. The maximum Gasteiger partial charge on any atom is 0.264 e. The molecule has 0 aliphatic rings. The molecule has 1 N–H and O–H groups in total. The van der Waals surface area contributed by atoms with Gasteiger partial charge < -0.3 is 19.7 Å². The second kappa shape index (κ2) is 14.9. The number of hydrogen-bond acceptors (Lipinski definition) is 6. The molecule has 0 saturated heterocycles. The van der Waals surface area contributed by atoms with Gasteiger partial charge in [-0.1, -0.05) is 62.7 Å². The average Bonchev–Trinajstić information content (AvgIpc) is 2.99. The first-order valence-electron chi connectivity index (χ1n) is 13.6. The molecule has 0 heterocycles. The van der Waals surface area contributed by atoms with Crippen molar-refractivity contribution in [2.75, 3.05) is 31.6 Å². The first-order chi connectivity index (χ1) is 20.0. The first kappa shape index (κ1) is 32.8. The van der Waals surface area contributed by atoms with Crippen molar-refractivity contribution in [2.45, 2.75) is 44.7 Å². The Labute approximate surface area is 253 Å². The summed E-state index contributed by atoms with van der Waals surface area (Å²) in [6.45, 7) is 5.74. The fraction of sp³-hybridized carbons (Fsp3) is 0.355. The predicted octanol–water partition coefficient (Wildman–Crippen LogP) is 5.13. The normalized spacial score (nSPS) is 12.0. The molecular formula is C31H38ClN3O6S. The molecule has 0 spiro atoms. The Kier molecular flexibility index (Phi) is 11.6. The molecule has 3 aromatic rings. The highest BCUT2D eigenvalue weighted by atomic mass is 35.5. The Morgan fingerprint density at radius 3 is 2.17 bits per heavy atom. The Morgan fingerprint density at radius 2 is 1.62 bits per heavy atom. The number of amides is 2. The summed E-state index contributed by atoms with van der Waals surface area (Å²) in [6, 6.07) is 18.7. The minimum atomic E-state index is -4.21. The lowest BCUT2D eigenvalue weighted by molar-refractivity contribution is -0.140.